The largest absolute Gasteiger partial charge is 0.487 e. The quantitative estimate of drug-likeness (QED) is 0.671. The van der Waals surface area contributed by atoms with Crippen molar-refractivity contribution in [2.45, 2.75) is 25.9 Å². The van der Waals surface area contributed by atoms with Gasteiger partial charge in [0.25, 0.3) is 5.91 Å². The summed E-state index contributed by atoms with van der Waals surface area (Å²) in [4.78, 5) is 16.2. The number of nitrogens with one attached hydrogen (secondary N) is 1. The Bertz CT molecular complexity index is 624. The summed E-state index contributed by atoms with van der Waals surface area (Å²) in [5.74, 6) is 1.45. The van der Waals surface area contributed by atoms with Crippen LogP contribution < -0.4 is 10.1 Å². The van der Waals surface area contributed by atoms with E-state index in [0.717, 1.165) is 30.4 Å². The summed E-state index contributed by atoms with van der Waals surface area (Å²) < 4.78 is 11.2. The lowest BCUT2D eigenvalue weighted by atomic mass is 10.2. The molecule has 6 heteroatoms. The number of carbonyl (C=O) groups excluding carboxylic acids is 1. The molecule has 0 atom stereocenters. The zero-order valence-electron chi connectivity index (χ0n) is 13.6. The summed E-state index contributed by atoms with van der Waals surface area (Å²) in [6.07, 6.45) is 3.45. The number of benzene rings is 1. The lowest BCUT2D eigenvalue weighted by Crippen LogP contribution is -2.25. The van der Waals surface area contributed by atoms with Gasteiger partial charge in [-0.1, -0.05) is 0 Å². The van der Waals surface area contributed by atoms with Crippen LogP contribution in [0.15, 0.2) is 35.2 Å². The van der Waals surface area contributed by atoms with E-state index in [9.17, 15) is 4.79 Å². The zero-order valence-corrected chi connectivity index (χ0v) is 14.4. The van der Waals surface area contributed by atoms with Crippen molar-refractivity contribution in [2.24, 2.45) is 5.92 Å². The van der Waals surface area contributed by atoms with Gasteiger partial charge in [-0.2, -0.15) is 0 Å². The summed E-state index contributed by atoms with van der Waals surface area (Å²) in [6.45, 7) is 2.65. The fourth-order valence-corrected chi connectivity index (χ4v) is 2.72. The minimum absolute atomic E-state index is 0.0664. The van der Waals surface area contributed by atoms with E-state index in [1.807, 2.05) is 5.38 Å². The van der Waals surface area contributed by atoms with Crippen LogP contribution in [0.4, 0.5) is 0 Å². The van der Waals surface area contributed by atoms with Crippen molar-refractivity contribution in [1.29, 1.82) is 0 Å². The van der Waals surface area contributed by atoms with Crippen molar-refractivity contribution < 1.29 is 14.3 Å². The first kappa shape index (κ1) is 16.9. The molecule has 0 bridgehead atoms. The Kier molecular flexibility index (Phi) is 6.20. The third-order valence-corrected chi connectivity index (χ3v) is 4.42. The standard InChI is InChI=1S/C18H22N2O3S/c21-18(19-8-1-9-22-10-14-2-3-14)15-4-6-17(7-5-15)23-11-16-12-24-13-20-16/h4-7,12-14H,1-3,8-11H2,(H,19,21). The molecule has 1 saturated carbocycles. The molecule has 0 aliphatic heterocycles. The molecule has 1 amide bonds. The van der Waals surface area contributed by atoms with Crippen molar-refractivity contribution in [3.8, 4) is 5.75 Å². The second-order valence-corrected chi connectivity index (χ2v) is 6.64. The number of hydrogen-bond acceptors (Lipinski definition) is 5. The molecule has 1 N–H and O–H groups in total. The normalized spacial score (nSPS) is 13.7. The van der Waals surface area contributed by atoms with Crippen LogP contribution in [0.5, 0.6) is 5.75 Å². The molecular formula is C18H22N2O3S. The molecule has 1 aliphatic carbocycles. The Morgan fingerprint density at radius 3 is 2.83 bits per heavy atom. The van der Waals surface area contributed by atoms with Gasteiger partial charge in [0, 0.05) is 30.7 Å². The fraction of sp³-hybridized carbons (Fsp3) is 0.444. The number of hydrogen-bond donors (Lipinski definition) is 1. The van der Waals surface area contributed by atoms with Gasteiger partial charge >= 0.3 is 0 Å². The predicted molar refractivity (Wildman–Crippen MR) is 93.4 cm³/mol. The maximum atomic E-state index is 12.1. The van der Waals surface area contributed by atoms with E-state index >= 15 is 0 Å². The molecule has 0 saturated heterocycles. The van der Waals surface area contributed by atoms with Crippen LogP contribution in [0.25, 0.3) is 0 Å². The molecule has 1 aromatic heterocycles. The van der Waals surface area contributed by atoms with Crippen LogP contribution in [0.1, 0.15) is 35.3 Å². The molecule has 0 unspecified atom stereocenters. The maximum Gasteiger partial charge on any atom is 0.251 e. The Balaban J connectivity index is 1.33. The van der Waals surface area contributed by atoms with Gasteiger partial charge in [0.15, 0.2) is 0 Å². The molecule has 3 rings (SSSR count). The lowest BCUT2D eigenvalue weighted by Gasteiger charge is -2.07. The molecule has 1 heterocycles. The van der Waals surface area contributed by atoms with Crippen molar-refractivity contribution in [3.05, 3.63) is 46.4 Å². The highest BCUT2D eigenvalue weighted by molar-refractivity contribution is 7.07. The summed E-state index contributed by atoms with van der Waals surface area (Å²) >= 11 is 1.54. The number of rotatable bonds is 10. The summed E-state index contributed by atoms with van der Waals surface area (Å²) in [5.41, 5.74) is 3.32. The molecule has 1 fully saturated rings. The molecule has 0 radical (unpaired) electrons. The summed E-state index contributed by atoms with van der Waals surface area (Å²) in [6, 6.07) is 7.16. The highest BCUT2D eigenvalue weighted by atomic mass is 32.1. The average Bonchev–Trinajstić information content (AvgIpc) is 3.29. The Morgan fingerprint density at radius 2 is 2.12 bits per heavy atom. The Morgan fingerprint density at radius 1 is 1.29 bits per heavy atom. The van der Waals surface area contributed by atoms with Crippen LogP contribution in [0.3, 0.4) is 0 Å². The number of amides is 1. The van der Waals surface area contributed by atoms with Crippen LogP contribution >= 0.6 is 11.3 Å². The molecule has 0 spiro atoms. The summed E-state index contributed by atoms with van der Waals surface area (Å²) in [7, 11) is 0. The Hall–Kier alpha value is -1.92. The lowest BCUT2D eigenvalue weighted by molar-refractivity contribution is 0.0937. The summed E-state index contributed by atoms with van der Waals surface area (Å²) in [5, 5.41) is 4.86. The first-order chi connectivity index (χ1) is 11.8. The Labute approximate surface area is 146 Å². The monoisotopic (exact) mass is 346 g/mol. The van der Waals surface area contributed by atoms with E-state index < -0.39 is 0 Å². The van der Waals surface area contributed by atoms with E-state index in [1.54, 1.807) is 41.1 Å². The van der Waals surface area contributed by atoms with Gasteiger partial charge in [0.1, 0.15) is 12.4 Å². The van der Waals surface area contributed by atoms with Crippen LogP contribution in [-0.4, -0.2) is 30.6 Å². The first-order valence-electron chi connectivity index (χ1n) is 8.27. The van der Waals surface area contributed by atoms with Crippen molar-refractivity contribution >= 4 is 17.2 Å². The van der Waals surface area contributed by atoms with E-state index in [-0.39, 0.29) is 5.91 Å². The topological polar surface area (TPSA) is 60.5 Å². The number of carbonyl (C=O) groups is 1. The molecule has 1 aromatic carbocycles. The van der Waals surface area contributed by atoms with Crippen molar-refractivity contribution in [2.75, 3.05) is 19.8 Å². The third-order valence-electron chi connectivity index (χ3n) is 3.79. The number of aromatic nitrogens is 1. The van der Waals surface area contributed by atoms with Crippen molar-refractivity contribution in [1.82, 2.24) is 10.3 Å². The van der Waals surface area contributed by atoms with E-state index in [4.69, 9.17) is 9.47 Å². The van der Waals surface area contributed by atoms with Gasteiger partial charge in [0.2, 0.25) is 0 Å². The number of nitrogens with zero attached hydrogens (tertiary/aromatic N) is 1. The molecule has 128 valence electrons. The van der Waals surface area contributed by atoms with Crippen LogP contribution in [0.2, 0.25) is 0 Å². The highest BCUT2D eigenvalue weighted by Gasteiger charge is 2.20. The number of thiazole rings is 1. The highest BCUT2D eigenvalue weighted by Crippen LogP contribution is 2.28. The zero-order chi connectivity index (χ0) is 16.6. The SMILES string of the molecule is O=C(NCCCOCC1CC1)c1ccc(OCc2cscn2)cc1. The molecule has 5 nitrogen and oxygen atoms in total. The van der Waals surface area contributed by atoms with Crippen LogP contribution in [-0.2, 0) is 11.3 Å². The van der Waals surface area contributed by atoms with E-state index in [1.165, 1.54) is 12.8 Å². The van der Waals surface area contributed by atoms with Gasteiger partial charge in [-0.05, 0) is 49.4 Å². The minimum atomic E-state index is -0.0664. The predicted octanol–water partition coefficient (Wildman–Crippen LogP) is 3.27. The number of ether oxygens (including phenoxy) is 2. The van der Waals surface area contributed by atoms with E-state index in [0.29, 0.717) is 25.3 Å². The van der Waals surface area contributed by atoms with Crippen LogP contribution in [0, 0.1) is 5.92 Å². The fourth-order valence-electron chi connectivity index (χ4n) is 2.18. The van der Waals surface area contributed by atoms with Crippen molar-refractivity contribution in [3.63, 3.8) is 0 Å². The maximum absolute atomic E-state index is 12.1. The molecule has 1 aliphatic rings. The van der Waals surface area contributed by atoms with Gasteiger partial charge in [-0.15, -0.1) is 11.3 Å². The van der Waals surface area contributed by atoms with Gasteiger partial charge in [0.05, 0.1) is 11.2 Å². The third kappa shape index (κ3) is 5.62. The molecule has 2 aromatic rings. The van der Waals surface area contributed by atoms with Gasteiger partial charge in [-0.25, -0.2) is 4.98 Å². The van der Waals surface area contributed by atoms with Gasteiger partial charge < -0.3 is 14.8 Å². The first-order valence-corrected chi connectivity index (χ1v) is 9.21. The molecular weight excluding hydrogens is 324 g/mol. The minimum Gasteiger partial charge on any atom is -0.487 e. The molecule has 24 heavy (non-hydrogen) atoms. The average molecular weight is 346 g/mol. The van der Waals surface area contributed by atoms with Gasteiger partial charge in [-0.3, -0.25) is 4.79 Å². The second-order valence-electron chi connectivity index (χ2n) is 5.92. The van der Waals surface area contributed by atoms with E-state index in [2.05, 4.69) is 10.3 Å². The smallest absolute Gasteiger partial charge is 0.251 e. The second kappa shape index (κ2) is 8.80.